The van der Waals surface area contributed by atoms with Crippen molar-refractivity contribution < 1.29 is 9.47 Å². The monoisotopic (exact) mass is 354 g/mol. The third-order valence-corrected chi connectivity index (χ3v) is 4.58. The van der Waals surface area contributed by atoms with E-state index in [1.165, 1.54) is 0 Å². The quantitative estimate of drug-likeness (QED) is 0.462. The van der Waals surface area contributed by atoms with E-state index in [0.717, 1.165) is 46.0 Å². The zero-order chi connectivity index (χ0) is 18.5. The summed E-state index contributed by atoms with van der Waals surface area (Å²) in [6, 6.07) is 12.5. The van der Waals surface area contributed by atoms with Crippen LogP contribution in [0.1, 0.15) is 26.7 Å². The molecule has 138 valence electrons. The Morgan fingerprint density at radius 1 is 0.808 bits per heavy atom. The lowest BCUT2D eigenvalue weighted by Gasteiger charge is -2.20. The highest BCUT2D eigenvalue weighted by atomic mass is 16.5. The van der Waals surface area contributed by atoms with Crippen LogP contribution in [0.4, 0.5) is 11.6 Å². The first-order valence-corrected chi connectivity index (χ1v) is 8.98. The van der Waals surface area contributed by atoms with E-state index in [4.69, 9.17) is 9.47 Å². The first kappa shape index (κ1) is 18.4. The lowest BCUT2D eigenvalue weighted by atomic mass is 10.0. The molecule has 0 saturated heterocycles. The number of fused-ring (bicyclic) bond motifs is 3. The van der Waals surface area contributed by atoms with Crippen LogP contribution >= 0.6 is 0 Å². The molecule has 0 aliphatic heterocycles. The minimum Gasteiger partial charge on any atom is -0.362 e. The van der Waals surface area contributed by atoms with E-state index in [1.54, 1.807) is 14.2 Å². The molecule has 2 N–H and O–H groups in total. The highest BCUT2D eigenvalue weighted by molar-refractivity contribution is 6.15. The number of rotatable bonds is 8. The summed E-state index contributed by atoms with van der Waals surface area (Å²) in [4.78, 5) is 0. The number of nitrogens with one attached hydrogen (secondary N) is 2. The third-order valence-electron chi connectivity index (χ3n) is 4.58. The summed E-state index contributed by atoms with van der Waals surface area (Å²) in [7, 11) is 3.38. The van der Waals surface area contributed by atoms with Gasteiger partial charge in [-0.25, -0.2) is 0 Å². The fourth-order valence-electron chi connectivity index (χ4n) is 3.10. The normalized spacial score (nSPS) is 13.7. The Kier molecular flexibility index (Phi) is 5.85. The fraction of sp³-hybridized carbons (Fsp3) is 0.400. The molecule has 0 fully saturated rings. The number of methoxy groups -OCH3 is 2. The van der Waals surface area contributed by atoms with Crippen molar-refractivity contribution in [1.29, 1.82) is 0 Å². The minimum atomic E-state index is -0.118. The fourth-order valence-corrected chi connectivity index (χ4v) is 3.10. The van der Waals surface area contributed by atoms with Crippen molar-refractivity contribution in [3.63, 3.8) is 0 Å². The second kappa shape index (κ2) is 8.29. The van der Waals surface area contributed by atoms with Crippen LogP contribution in [0.25, 0.3) is 21.5 Å². The van der Waals surface area contributed by atoms with Gasteiger partial charge in [0.2, 0.25) is 0 Å². The summed E-state index contributed by atoms with van der Waals surface area (Å²) in [6.07, 6.45) is 1.42. The van der Waals surface area contributed by atoms with Gasteiger partial charge in [-0.1, -0.05) is 44.2 Å². The molecule has 0 bridgehead atoms. The zero-order valence-corrected chi connectivity index (χ0v) is 15.7. The third kappa shape index (κ3) is 3.57. The first-order chi connectivity index (χ1) is 12.7. The van der Waals surface area contributed by atoms with Crippen LogP contribution in [-0.4, -0.2) is 36.9 Å². The van der Waals surface area contributed by atoms with Gasteiger partial charge in [0, 0.05) is 25.0 Å². The average molecular weight is 354 g/mol. The standard InChI is InChI=1S/C20H26N4O2/c1-5-16(25-3)21-19-15-12-11-13-9-7-8-10-14(13)18(15)20(24-23-19)22-17(6-2)26-4/h7-12,16-17H,5-6H2,1-4H3,(H,21,23)(H,22,24). The maximum atomic E-state index is 5.48. The van der Waals surface area contributed by atoms with E-state index in [0.29, 0.717) is 0 Å². The molecule has 1 heterocycles. The van der Waals surface area contributed by atoms with Crippen LogP contribution in [0.2, 0.25) is 0 Å². The van der Waals surface area contributed by atoms with Crippen molar-refractivity contribution in [3.8, 4) is 0 Å². The Balaban J connectivity index is 2.20. The number of ether oxygens (including phenoxy) is 2. The summed E-state index contributed by atoms with van der Waals surface area (Å²) in [5.74, 6) is 1.44. The lowest BCUT2D eigenvalue weighted by molar-refractivity contribution is 0.121. The molecule has 1 aromatic heterocycles. The Bertz CT molecular complexity index is 876. The van der Waals surface area contributed by atoms with Gasteiger partial charge in [-0.05, 0) is 29.7 Å². The molecule has 0 aliphatic rings. The topological polar surface area (TPSA) is 68.3 Å². The van der Waals surface area contributed by atoms with Crippen LogP contribution in [0.3, 0.4) is 0 Å². The van der Waals surface area contributed by atoms with Crippen molar-refractivity contribution in [2.24, 2.45) is 0 Å². The van der Waals surface area contributed by atoms with E-state index in [-0.39, 0.29) is 12.5 Å². The van der Waals surface area contributed by atoms with Gasteiger partial charge in [0.15, 0.2) is 11.6 Å². The number of hydrogen-bond acceptors (Lipinski definition) is 6. The van der Waals surface area contributed by atoms with Gasteiger partial charge in [0.1, 0.15) is 12.5 Å². The zero-order valence-electron chi connectivity index (χ0n) is 15.7. The predicted molar refractivity (Wildman–Crippen MR) is 106 cm³/mol. The largest absolute Gasteiger partial charge is 0.362 e. The SMILES string of the molecule is CCC(Nc1nnc(NC(CC)OC)c2c1ccc1ccccc12)OC. The Morgan fingerprint density at radius 3 is 2.08 bits per heavy atom. The van der Waals surface area contributed by atoms with Crippen molar-refractivity contribution in [2.75, 3.05) is 24.9 Å². The van der Waals surface area contributed by atoms with Gasteiger partial charge in [0.25, 0.3) is 0 Å². The second-order valence-electron chi connectivity index (χ2n) is 6.16. The van der Waals surface area contributed by atoms with E-state index in [1.807, 2.05) is 12.1 Å². The summed E-state index contributed by atoms with van der Waals surface area (Å²) in [5.41, 5.74) is 0. The lowest BCUT2D eigenvalue weighted by Crippen LogP contribution is -2.23. The average Bonchev–Trinajstić information content (AvgIpc) is 2.70. The maximum absolute atomic E-state index is 5.48. The number of hydrogen-bond donors (Lipinski definition) is 2. The van der Waals surface area contributed by atoms with Gasteiger partial charge in [-0.15, -0.1) is 10.2 Å². The minimum absolute atomic E-state index is 0.111. The Morgan fingerprint density at radius 2 is 1.42 bits per heavy atom. The number of nitrogens with zero attached hydrogens (tertiary/aromatic N) is 2. The summed E-state index contributed by atoms with van der Waals surface area (Å²) >= 11 is 0. The van der Waals surface area contributed by atoms with Gasteiger partial charge in [0.05, 0.1) is 0 Å². The van der Waals surface area contributed by atoms with Crippen LogP contribution in [-0.2, 0) is 9.47 Å². The molecule has 2 aromatic carbocycles. The number of benzene rings is 2. The summed E-state index contributed by atoms with van der Waals surface area (Å²) in [5, 5.41) is 19.9. The highest BCUT2D eigenvalue weighted by Gasteiger charge is 2.16. The molecule has 6 nitrogen and oxygen atoms in total. The second-order valence-corrected chi connectivity index (χ2v) is 6.16. The van der Waals surface area contributed by atoms with Gasteiger partial charge in [-0.3, -0.25) is 0 Å². The summed E-state index contributed by atoms with van der Waals surface area (Å²) < 4.78 is 10.9. The van der Waals surface area contributed by atoms with E-state index >= 15 is 0 Å². The molecule has 0 spiro atoms. The van der Waals surface area contributed by atoms with Gasteiger partial charge < -0.3 is 20.1 Å². The molecule has 0 amide bonds. The van der Waals surface area contributed by atoms with Crippen LogP contribution in [0, 0.1) is 0 Å². The van der Waals surface area contributed by atoms with Crippen molar-refractivity contribution in [2.45, 2.75) is 39.1 Å². The molecule has 0 saturated carbocycles. The van der Waals surface area contributed by atoms with E-state index < -0.39 is 0 Å². The van der Waals surface area contributed by atoms with Crippen LogP contribution in [0.15, 0.2) is 36.4 Å². The number of aromatic nitrogens is 2. The molecular formula is C20H26N4O2. The molecule has 26 heavy (non-hydrogen) atoms. The first-order valence-electron chi connectivity index (χ1n) is 8.98. The smallest absolute Gasteiger partial charge is 0.159 e. The van der Waals surface area contributed by atoms with E-state index in [9.17, 15) is 0 Å². The van der Waals surface area contributed by atoms with Crippen molar-refractivity contribution >= 4 is 33.2 Å². The Labute approximate surface area is 153 Å². The van der Waals surface area contributed by atoms with Crippen LogP contribution < -0.4 is 10.6 Å². The highest BCUT2D eigenvalue weighted by Crippen LogP contribution is 2.34. The number of anilines is 2. The molecule has 0 radical (unpaired) electrons. The molecule has 2 atom stereocenters. The molecule has 0 aliphatic carbocycles. The van der Waals surface area contributed by atoms with Crippen molar-refractivity contribution in [3.05, 3.63) is 36.4 Å². The molecule has 2 unspecified atom stereocenters. The molecular weight excluding hydrogens is 328 g/mol. The maximum Gasteiger partial charge on any atom is 0.159 e. The predicted octanol–water partition coefficient (Wildman–Crippen LogP) is 4.37. The van der Waals surface area contributed by atoms with Crippen LogP contribution in [0.5, 0.6) is 0 Å². The molecule has 6 heteroatoms. The van der Waals surface area contributed by atoms with Crippen molar-refractivity contribution in [1.82, 2.24) is 10.2 Å². The summed E-state index contributed by atoms with van der Waals surface area (Å²) in [6.45, 7) is 4.13. The van der Waals surface area contributed by atoms with Gasteiger partial charge >= 0.3 is 0 Å². The van der Waals surface area contributed by atoms with Gasteiger partial charge in [-0.2, -0.15) is 0 Å². The Hall–Kier alpha value is -2.44. The molecule has 3 aromatic rings. The molecule has 3 rings (SSSR count). The van der Waals surface area contributed by atoms with E-state index in [2.05, 4.69) is 58.9 Å².